The third kappa shape index (κ3) is 4.07. The van der Waals surface area contributed by atoms with Crippen LogP contribution in [0.1, 0.15) is 34.6 Å². The van der Waals surface area contributed by atoms with Crippen LogP contribution in [0.3, 0.4) is 0 Å². The van der Waals surface area contributed by atoms with Gasteiger partial charge in [0.15, 0.2) is 0 Å². The van der Waals surface area contributed by atoms with Gasteiger partial charge in [0.05, 0.1) is 29.2 Å². The molecule has 1 aliphatic rings. The molecule has 23 heavy (non-hydrogen) atoms. The van der Waals surface area contributed by atoms with Gasteiger partial charge in [-0.2, -0.15) is 5.22 Å². The van der Waals surface area contributed by atoms with Crippen molar-refractivity contribution in [2.24, 2.45) is 5.41 Å². The van der Waals surface area contributed by atoms with Crippen molar-refractivity contribution in [2.75, 3.05) is 0 Å². The van der Waals surface area contributed by atoms with Crippen LogP contribution in [0.15, 0.2) is 49.9 Å². The average Bonchev–Trinajstić information content (AvgIpc) is 2.43. The molecule has 0 atom stereocenters. The Balaban J connectivity index is 2.73. The highest BCUT2D eigenvalue weighted by atomic mass is 79.9. The molecule has 0 radical (unpaired) electrons. The lowest BCUT2D eigenvalue weighted by atomic mass is 9.75. The molecule has 0 nitrogen and oxygen atoms in total. The van der Waals surface area contributed by atoms with Crippen LogP contribution in [0.5, 0.6) is 0 Å². The maximum Gasteiger partial charge on any atom is 0.132 e. The zero-order valence-electron chi connectivity index (χ0n) is 14.3. The molecule has 2 rings (SSSR count). The summed E-state index contributed by atoms with van der Waals surface area (Å²) in [5.41, 5.74) is 7.39. The quantitative estimate of drug-likeness (QED) is 0.463. The van der Waals surface area contributed by atoms with E-state index in [-0.39, 0.29) is 5.41 Å². The summed E-state index contributed by atoms with van der Waals surface area (Å²) in [6, 6.07) is 4.13. The molecule has 0 heterocycles. The van der Waals surface area contributed by atoms with Gasteiger partial charge in [0, 0.05) is 33.4 Å². The molecule has 0 saturated heterocycles. The predicted octanol–water partition coefficient (Wildman–Crippen LogP) is 5.66. The molecule has 0 spiro atoms. The summed E-state index contributed by atoms with van der Waals surface area (Å²) in [6.07, 6.45) is 6.39. The molecule has 0 fully saturated rings. The number of hydrogen-bond donors (Lipinski definition) is 0. The molecular weight excluding hydrogens is 412 g/mol. The Morgan fingerprint density at radius 1 is 1.04 bits per heavy atom. The molecule has 2 heteroatoms. The topological polar surface area (TPSA) is 0 Å². The number of benzene rings is 1. The van der Waals surface area contributed by atoms with Crippen molar-refractivity contribution in [1.29, 1.82) is 0 Å². The lowest BCUT2D eigenvalue weighted by Crippen LogP contribution is -2.18. The normalized spacial score (nSPS) is 15.1. The molecule has 1 aromatic carbocycles. The molecule has 0 amide bonds. The van der Waals surface area contributed by atoms with E-state index in [1.807, 2.05) is 6.08 Å². The molecule has 1 aliphatic carbocycles. The molecular formula is C21H22Br2. The van der Waals surface area contributed by atoms with Crippen molar-refractivity contribution in [3.63, 3.8) is 0 Å². The fraction of sp³-hybridized carbons (Fsp3) is 0.286. The highest BCUT2D eigenvalue weighted by molar-refractivity contribution is 9.11. The van der Waals surface area contributed by atoms with Crippen LogP contribution in [-0.4, -0.2) is 0 Å². The Morgan fingerprint density at radius 2 is 1.52 bits per heavy atom. The highest BCUT2D eigenvalue weighted by Gasteiger charge is 2.32. The molecule has 0 saturated carbocycles. The van der Waals surface area contributed by atoms with E-state index in [9.17, 15) is 0 Å². The summed E-state index contributed by atoms with van der Waals surface area (Å²) in [5, 5.41) is 2.11. The second-order valence-corrected chi connectivity index (χ2v) is 8.63. The Bertz CT molecular complexity index is 788. The standard InChI is InChI=1S/C21H22Br2/c1-7-15-10-19(22)18(20(23)11-15)12-17-13(2)8-16(9-14(17)3)21(4,5)6/h7-11H,1H2,2-6H3. The van der Waals surface area contributed by atoms with Gasteiger partial charge < -0.3 is 0 Å². The zero-order chi connectivity index (χ0) is 17.4. The summed E-state index contributed by atoms with van der Waals surface area (Å²) in [7, 11) is 0. The van der Waals surface area contributed by atoms with E-state index < -0.39 is 0 Å². The lowest BCUT2D eigenvalue weighted by Gasteiger charge is -2.23. The fourth-order valence-corrected chi connectivity index (χ4v) is 3.97. The molecule has 0 aromatic heterocycles. The number of allylic oxidation sites excluding steroid dienone is 5. The first-order chi connectivity index (χ1) is 10.6. The van der Waals surface area contributed by atoms with Crippen molar-refractivity contribution in [1.82, 2.24) is 0 Å². The third-order valence-electron chi connectivity index (χ3n) is 3.95. The van der Waals surface area contributed by atoms with Gasteiger partial charge in [-0.3, -0.25) is 0 Å². The summed E-state index contributed by atoms with van der Waals surface area (Å²) >= 11 is 7.30. The minimum atomic E-state index is 0.154. The third-order valence-corrected chi connectivity index (χ3v) is 5.20. The predicted molar refractivity (Wildman–Crippen MR) is 108 cm³/mol. The lowest BCUT2D eigenvalue weighted by molar-refractivity contribution is 0.471. The number of hydrogen-bond acceptors (Lipinski definition) is 0. The average molecular weight is 434 g/mol. The van der Waals surface area contributed by atoms with E-state index in [0.29, 0.717) is 0 Å². The van der Waals surface area contributed by atoms with Gasteiger partial charge in [-0.1, -0.05) is 37.6 Å². The first-order valence-corrected chi connectivity index (χ1v) is 9.22. The largest absolute Gasteiger partial charge is 0.244 e. The van der Waals surface area contributed by atoms with Crippen molar-refractivity contribution in [3.05, 3.63) is 73.2 Å². The molecule has 0 bridgehead atoms. The Morgan fingerprint density at radius 3 is 1.91 bits per heavy atom. The van der Waals surface area contributed by atoms with E-state index in [1.54, 1.807) is 0 Å². The zero-order valence-corrected chi connectivity index (χ0v) is 17.5. The first kappa shape index (κ1) is 18.3. The first-order valence-electron chi connectivity index (χ1n) is 7.63. The van der Waals surface area contributed by atoms with Gasteiger partial charge >= 0.3 is 0 Å². The molecule has 120 valence electrons. The molecule has 0 unspecified atom stereocenters. The van der Waals surface area contributed by atoms with Gasteiger partial charge in [0.2, 0.25) is 0 Å². The Kier molecular flexibility index (Phi) is 5.41. The Labute approximate surface area is 156 Å². The van der Waals surface area contributed by atoms with Crippen LogP contribution < -0.4 is 10.4 Å². The van der Waals surface area contributed by atoms with Crippen LogP contribution in [0.2, 0.25) is 0 Å². The summed E-state index contributed by atoms with van der Waals surface area (Å²) in [5.74, 6) is 1.36. The van der Waals surface area contributed by atoms with Crippen LogP contribution in [0.25, 0.3) is 11.8 Å². The maximum atomic E-state index is 3.83. The maximum absolute atomic E-state index is 3.83. The van der Waals surface area contributed by atoms with Gasteiger partial charge in [-0.25, -0.2) is 13.0 Å². The SMILES string of the molecule is [CH2-]C=c1cc(Br)c(=C=C2C(C)=C[C+](C(C)(C)C)C=C2C)c(Br)c1. The van der Waals surface area contributed by atoms with E-state index >= 15 is 0 Å². The molecule has 0 aliphatic heterocycles. The van der Waals surface area contributed by atoms with Crippen molar-refractivity contribution >= 4 is 43.7 Å². The second-order valence-electron chi connectivity index (χ2n) is 6.92. The van der Waals surface area contributed by atoms with Crippen molar-refractivity contribution in [2.45, 2.75) is 34.6 Å². The Hall–Kier alpha value is -1.08. The van der Waals surface area contributed by atoms with E-state index in [1.165, 1.54) is 17.1 Å². The van der Waals surface area contributed by atoms with Crippen molar-refractivity contribution < 1.29 is 0 Å². The highest BCUT2D eigenvalue weighted by Crippen LogP contribution is 2.38. The summed E-state index contributed by atoms with van der Waals surface area (Å²) < 4.78 is 2.03. The fourth-order valence-electron chi connectivity index (χ4n) is 2.55. The molecule has 1 aromatic rings. The minimum Gasteiger partial charge on any atom is -0.244 e. The van der Waals surface area contributed by atoms with Gasteiger partial charge in [0.25, 0.3) is 0 Å². The summed E-state index contributed by atoms with van der Waals surface area (Å²) in [6.45, 7) is 14.9. The van der Waals surface area contributed by atoms with E-state index in [2.05, 4.69) is 103 Å². The van der Waals surface area contributed by atoms with E-state index in [4.69, 9.17) is 0 Å². The molecule has 0 N–H and O–H groups in total. The van der Waals surface area contributed by atoms with Crippen LogP contribution in [0, 0.1) is 18.3 Å². The van der Waals surface area contributed by atoms with Gasteiger partial charge in [-0.05, 0) is 20.8 Å². The van der Waals surface area contributed by atoms with Crippen LogP contribution >= 0.6 is 31.9 Å². The van der Waals surface area contributed by atoms with Crippen LogP contribution in [0.4, 0.5) is 0 Å². The minimum absolute atomic E-state index is 0.154. The van der Waals surface area contributed by atoms with Crippen LogP contribution in [-0.2, 0) is 0 Å². The monoisotopic (exact) mass is 432 g/mol. The smallest absolute Gasteiger partial charge is 0.132 e. The van der Waals surface area contributed by atoms with E-state index in [0.717, 1.165) is 25.0 Å². The van der Waals surface area contributed by atoms with Gasteiger partial charge in [-0.15, -0.1) is 12.1 Å². The van der Waals surface area contributed by atoms with Crippen molar-refractivity contribution in [3.8, 4) is 0 Å². The van der Waals surface area contributed by atoms with Gasteiger partial charge in [0.1, 0.15) is 5.57 Å². The number of rotatable bonds is 0. The summed E-state index contributed by atoms with van der Waals surface area (Å²) in [4.78, 5) is 0. The second kappa shape index (κ2) is 6.81. The number of halogens is 2.